The van der Waals surface area contributed by atoms with Crippen LogP contribution in [0.4, 0.5) is 0 Å². The summed E-state index contributed by atoms with van der Waals surface area (Å²) in [6.45, 7) is 2.23. The molecule has 1 nitrogen and oxygen atoms in total. The summed E-state index contributed by atoms with van der Waals surface area (Å²) in [6, 6.07) is 11.5. The van der Waals surface area contributed by atoms with Crippen molar-refractivity contribution < 1.29 is 0 Å². The molecule has 0 spiro atoms. The van der Waals surface area contributed by atoms with Gasteiger partial charge < -0.3 is 0 Å². The van der Waals surface area contributed by atoms with Crippen LogP contribution >= 0.6 is 37.9 Å². The lowest BCUT2D eigenvalue weighted by Crippen LogP contribution is -2.34. The Balaban J connectivity index is 1.21. The van der Waals surface area contributed by atoms with Crippen LogP contribution in [0.2, 0.25) is 0 Å². The molecule has 0 N–H and O–H groups in total. The van der Waals surface area contributed by atoms with Gasteiger partial charge in [0.1, 0.15) is 15.7 Å². The lowest BCUT2D eigenvalue weighted by atomic mass is 9.70. The SMILES string of the molecule is Bc1c(S)c(C2(c3ccccc3)C(C3=CC4=C(CC3)C3=C(CCC=C3)C4)N2C)c(B)c2c1-c1c(S)c(C3=CC=CCC3)c(C)c(S)c1C2. The van der Waals surface area contributed by atoms with Crippen LogP contribution in [0.1, 0.15) is 78.3 Å². The van der Waals surface area contributed by atoms with Crippen molar-refractivity contribution in [3.05, 3.63) is 128 Å². The first-order valence-corrected chi connectivity index (χ1v) is 19.0. The molecule has 3 aromatic rings. The quantitative estimate of drug-likeness (QED) is 0.116. The Bertz CT molecular complexity index is 2170. The van der Waals surface area contributed by atoms with Gasteiger partial charge in [0.25, 0.3) is 0 Å². The van der Waals surface area contributed by atoms with E-state index in [2.05, 4.69) is 101 Å². The number of likely N-dealkylation sites (N-methyl/N-ethyl adjacent to an activating group) is 1. The van der Waals surface area contributed by atoms with Crippen LogP contribution in [0.15, 0.2) is 109 Å². The molecular weight excluding hydrogens is 636 g/mol. The molecule has 0 radical (unpaired) electrons. The summed E-state index contributed by atoms with van der Waals surface area (Å²) in [6.07, 6.45) is 22.9. The maximum atomic E-state index is 5.49. The summed E-state index contributed by atoms with van der Waals surface area (Å²) in [4.78, 5) is 5.97. The van der Waals surface area contributed by atoms with Crippen molar-refractivity contribution in [1.82, 2.24) is 4.90 Å². The van der Waals surface area contributed by atoms with Crippen molar-refractivity contribution in [1.29, 1.82) is 0 Å². The molecule has 5 aliphatic carbocycles. The fourth-order valence-electron chi connectivity index (χ4n) is 10.2. The highest BCUT2D eigenvalue weighted by atomic mass is 32.1. The molecule has 48 heavy (non-hydrogen) atoms. The highest BCUT2D eigenvalue weighted by molar-refractivity contribution is 7.81. The minimum Gasteiger partial charge on any atom is -0.282 e. The van der Waals surface area contributed by atoms with Gasteiger partial charge in [-0.2, -0.15) is 0 Å². The number of fused-ring (bicyclic) bond motifs is 4. The van der Waals surface area contributed by atoms with Crippen LogP contribution in [0.3, 0.4) is 0 Å². The minimum atomic E-state index is -0.264. The Kier molecular flexibility index (Phi) is 7.41. The third-order valence-corrected chi connectivity index (χ3v) is 14.1. The maximum Gasteiger partial charge on any atom is 0.141 e. The number of benzene rings is 3. The molecule has 0 saturated carbocycles. The second kappa shape index (κ2) is 11.4. The van der Waals surface area contributed by atoms with Gasteiger partial charge in [-0.3, -0.25) is 4.90 Å². The van der Waals surface area contributed by atoms with E-state index in [0.29, 0.717) is 6.04 Å². The number of allylic oxidation sites excluding steroid dienone is 11. The Morgan fingerprint density at radius 3 is 2.38 bits per heavy atom. The molecule has 3 unspecified atom stereocenters. The van der Waals surface area contributed by atoms with Gasteiger partial charge in [0.15, 0.2) is 0 Å². The molecule has 0 bridgehead atoms. The zero-order valence-corrected chi connectivity index (χ0v) is 31.1. The Labute approximate surface area is 304 Å². The van der Waals surface area contributed by atoms with Crippen molar-refractivity contribution in [3.63, 3.8) is 0 Å². The van der Waals surface area contributed by atoms with Crippen molar-refractivity contribution in [2.24, 2.45) is 0 Å². The molecule has 238 valence electrons. The average molecular weight is 678 g/mol. The zero-order chi connectivity index (χ0) is 33.1. The fourth-order valence-corrected chi connectivity index (χ4v) is 11.5. The van der Waals surface area contributed by atoms with Gasteiger partial charge in [0.2, 0.25) is 0 Å². The van der Waals surface area contributed by atoms with Crippen molar-refractivity contribution in [2.45, 2.75) is 84.6 Å². The molecule has 3 aromatic carbocycles. The Hall–Kier alpha value is -2.76. The third-order valence-electron chi connectivity index (χ3n) is 12.5. The molecule has 1 heterocycles. The van der Waals surface area contributed by atoms with Crippen LogP contribution in [-0.2, 0) is 12.0 Å². The Morgan fingerprint density at radius 1 is 0.812 bits per heavy atom. The van der Waals surface area contributed by atoms with E-state index in [4.69, 9.17) is 37.9 Å². The fraction of sp³-hybridized carbons (Fsp3) is 0.286. The number of hydrogen-bond donors (Lipinski definition) is 3. The lowest BCUT2D eigenvalue weighted by molar-refractivity contribution is 0.532. The van der Waals surface area contributed by atoms with E-state index in [1.54, 1.807) is 27.9 Å². The molecule has 6 heteroatoms. The van der Waals surface area contributed by atoms with Gasteiger partial charge in [0.05, 0.1) is 11.6 Å². The maximum absolute atomic E-state index is 5.49. The molecule has 0 amide bonds. The van der Waals surface area contributed by atoms with Crippen molar-refractivity contribution >= 4 is 70.1 Å². The first-order valence-electron chi connectivity index (χ1n) is 17.6. The topological polar surface area (TPSA) is 3.01 Å². The number of thiol groups is 3. The summed E-state index contributed by atoms with van der Waals surface area (Å²) >= 11 is 16.0. The lowest BCUT2D eigenvalue weighted by Gasteiger charge is -2.28. The van der Waals surface area contributed by atoms with E-state index in [0.717, 1.165) is 53.2 Å². The number of nitrogens with zero attached hydrogens (tertiary/aromatic N) is 1. The second-order valence-corrected chi connectivity index (χ2v) is 16.1. The second-order valence-electron chi connectivity index (χ2n) is 14.7. The van der Waals surface area contributed by atoms with Crippen LogP contribution in [0, 0.1) is 6.92 Å². The number of rotatable bonds is 4. The first kappa shape index (κ1) is 31.2. The first-order chi connectivity index (χ1) is 23.2. The summed E-state index contributed by atoms with van der Waals surface area (Å²) in [5, 5.41) is 0. The Morgan fingerprint density at radius 2 is 1.60 bits per heavy atom. The van der Waals surface area contributed by atoms with Crippen LogP contribution in [-0.4, -0.2) is 33.7 Å². The number of hydrogen-bond acceptors (Lipinski definition) is 4. The van der Waals surface area contributed by atoms with Gasteiger partial charge in [-0.05, 0) is 138 Å². The molecule has 6 aliphatic rings. The van der Waals surface area contributed by atoms with Gasteiger partial charge in [0, 0.05) is 14.7 Å². The monoisotopic (exact) mass is 677 g/mol. The van der Waals surface area contributed by atoms with Gasteiger partial charge in [-0.15, -0.1) is 37.9 Å². The smallest absolute Gasteiger partial charge is 0.141 e. The predicted molar refractivity (Wildman–Crippen MR) is 217 cm³/mol. The normalized spacial score (nSPS) is 25.1. The average Bonchev–Trinajstić information content (AvgIpc) is 3.37. The van der Waals surface area contributed by atoms with E-state index < -0.39 is 0 Å². The molecule has 9 rings (SSSR count). The standard InChI is InChI=1S/C42H41B2NS3/c1-22-32(23-11-5-3-6-12-23)39(47)34-31(38(22)46)21-30-33(34)37(44)40(48)35(36(30)43)42(27-14-7-4-8-15-27)41(45(42)2)25-17-18-29-26(20-25)19-24-13-9-10-16-28(24)29/h3-5,7-8,10-11,14-16,20,41,46-48H,6,9,12-13,17-19,21,43-44H2,1-2H3. The van der Waals surface area contributed by atoms with Crippen LogP contribution in [0.5, 0.6) is 0 Å². The van der Waals surface area contributed by atoms with E-state index in [-0.39, 0.29) is 5.54 Å². The van der Waals surface area contributed by atoms with Crippen LogP contribution in [0.25, 0.3) is 16.7 Å². The van der Waals surface area contributed by atoms with Gasteiger partial charge >= 0.3 is 0 Å². The summed E-state index contributed by atoms with van der Waals surface area (Å²) in [7, 11) is 7.00. The van der Waals surface area contributed by atoms with E-state index in [9.17, 15) is 0 Å². The highest BCUT2D eigenvalue weighted by Crippen LogP contribution is 2.60. The molecule has 1 fully saturated rings. The van der Waals surface area contributed by atoms with Gasteiger partial charge in [-0.25, -0.2) is 0 Å². The predicted octanol–water partition coefficient (Wildman–Crippen LogP) is 7.31. The van der Waals surface area contributed by atoms with E-state index in [1.807, 2.05) is 0 Å². The van der Waals surface area contributed by atoms with Gasteiger partial charge in [-0.1, -0.05) is 83.3 Å². The summed E-state index contributed by atoms with van der Waals surface area (Å²) in [5.41, 5.74) is 22.3. The van der Waals surface area contributed by atoms with Crippen molar-refractivity contribution in [2.75, 3.05) is 7.05 Å². The minimum absolute atomic E-state index is 0.264. The summed E-state index contributed by atoms with van der Waals surface area (Å²) in [5.74, 6) is 0. The molecule has 1 saturated heterocycles. The zero-order valence-electron chi connectivity index (χ0n) is 28.4. The molecule has 0 aromatic heterocycles. The van der Waals surface area contributed by atoms with Crippen molar-refractivity contribution in [3.8, 4) is 11.1 Å². The molecule has 3 atom stereocenters. The van der Waals surface area contributed by atoms with E-state index in [1.165, 1.54) is 73.8 Å². The largest absolute Gasteiger partial charge is 0.282 e. The third kappa shape index (κ3) is 4.22. The summed E-state index contributed by atoms with van der Waals surface area (Å²) < 4.78 is 0. The van der Waals surface area contributed by atoms with E-state index >= 15 is 0 Å². The highest BCUT2D eigenvalue weighted by Gasteiger charge is 2.65. The molecule has 1 aliphatic heterocycles. The molecular formula is C42H41B2NS3. The van der Waals surface area contributed by atoms with Crippen LogP contribution < -0.4 is 10.9 Å².